The van der Waals surface area contributed by atoms with Crippen LogP contribution in [0.4, 0.5) is 11.4 Å². The number of hydrogen-bond donors (Lipinski definition) is 1. The quantitative estimate of drug-likeness (QED) is 0.405. The number of rotatable bonds is 7. The van der Waals surface area contributed by atoms with E-state index in [0.717, 1.165) is 5.56 Å². The Balaban J connectivity index is 1.43. The Morgan fingerprint density at radius 3 is 2.51 bits per heavy atom. The van der Waals surface area contributed by atoms with Crippen molar-refractivity contribution in [3.8, 4) is 5.69 Å². The highest BCUT2D eigenvalue weighted by Crippen LogP contribution is 2.30. The number of tetrazole rings is 1. The van der Waals surface area contributed by atoms with Crippen LogP contribution in [0.2, 0.25) is 5.02 Å². The van der Waals surface area contributed by atoms with Crippen molar-refractivity contribution in [3.05, 3.63) is 95.8 Å². The van der Waals surface area contributed by atoms with Crippen LogP contribution in [-0.2, 0) is 20.8 Å². The summed E-state index contributed by atoms with van der Waals surface area (Å²) in [5, 5.41) is 14.4. The number of anilines is 2. The summed E-state index contributed by atoms with van der Waals surface area (Å²) in [6.07, 6.45) is 1.63. The average Bonchev–Trinajstić information content (AvgIpc) is 3.44. The van der Waals surface area contributed by atoms with Gasteiger partial charge in [0.05, 0.1) is 11.4 Å². The summed E-state index contributed by atoms with van der Waals surface area (Å²) in [6.45, 7) is -0.555. The van der Waals surface area contributed by atoms with Crippen molar-refractivity contribution >= 4 is 40.7 Å². The first-order chi connectivity index (χ1) is 18.0. The highest BCUT2D eigenvalue weighted by Gasteiger charge is 2.39. The molecule has 0 aliphatic carbocycles. The summed E-state index contributed by atoms with van der Waals surface area (Å²) in [5.41, 5.74) is 2.32. The zero-order chi connectivity index (χ0) is 25.8. The lowest BCUT2D eigenvalue weighted by Gasteiger charge is -2.38. The van der Waals surface area contributed by atoms with Gasteiger partial charge in [-0.1, -0.05) is 54.1 Å². The molecule has 0 bridgehead atoms. The first-order valence-corrected chi connectivity index (χ1v) is 11.8. The molecule has 1 fully saturated rings. The fraction of sp³-hybridized carbons (Fsp3) is 0.154. The Labute approximate surface area is 217 Å². The molecule has 5 rings (SSSR count). The molecule has 11 heteroatoms. The van der Waals surface area contributed by atoms with E-state index in [1.54, 1.807) is 42.5 Å². The number of piperazine rings is 1. The van der Waals surface area contributed by atoms with Crippen LogP contribution < -0.4 is 10.2 Å². The van der Waals surface area contributed by atoms with Crippen molar-refractivity contribution in [2.24, 2.45) is 0 Å². The molecule has 1 aliphatic heterocycles. The molecular weight excluding hydrogens is 494 g/mol. The van der Waals surface area contributed by atoms with Gasteiger partial charge in [-0.3, -0.25) is 19.3 Å². The Kier molecular flexibility index (Phi) is 6.91. The van der Waals surface area contributed by atoms with Gasteiger partial charge < -0.3 is 10.2 Å². The van der Waals surface area contributed by atoms with Crippen molar-refractivity contribution in [1.29, 1.82) is 0 Å². The number of halogens is 1. The largest absolute Gasteiger partial charge is 0.324 e. The molecule has 0 spiro atoms. The van der Waals surface area contributed by atoms with E-state index < -0.39 is 6.04 Å². The second-order valence-corrected chi connectivity index (χ2v) is 8.81. The molecule has 1 atom stereocenters. The van der Waals surface area contributed by atoms with Crippen LogP contribution in [0.25, 0.3) is 5.69 Å². The lowest BCUT2D eigenvalue weighted by Crippen LogP contribution is -2.60. The average molecular weight is 515 g/mol. The van der Waals surface area contributed by atoms with Gasteiger partial charge in [-0.15, -0.1) is 5.10 Å². The topological polar surface area (TPSA) is 113 Å². The third-order valence-corrected chi connectivity index (χ3v) is 6.22. The number of benzene rings is 3. The van der Waals surface area contributed by atoms with Gasteiger partial charge in [0.2, 0.25) is 17.7 Å². The van der Waals surface area contributed by atoms with E-state index in [1.807, 2.05) is 30.3 Å². The smallest absolute Gasteiger partial charge is 0.247 e. The molecule has 1 unspecified atom stereocenters. The molecule has 185 valence electrons. The third-order valence-electron chi connectivity index (χ3n) is 5.98. The van der Waals surface area contributed by atoms with E-state index in [1.165, 1.54) is 20.8 Å². The van der Waals surface area contributed by atoms with Crippen LogP contribution in [0.5, 0.6) is 0 Å². The number of carbonyl (C=O) groups is 3. The molecule has 4 aromatic rings. The number of amides is 3. The van der Waals surface area contributed by atoms with Gasteiger partial charge in [-0.25, -0.2) is 0 Å². The van der Waals surface area contributed by atoms with E-state index in [4.69, 9.17) is 11.6 Å². The molecule has 1 radical (unpaired) electrons. The van der Waals surface area contributed by atoms with E-state index >= 15 is 0 Å². The molecule has 3 amide bonds. The van der Waals surface area contributed by atoms with E-state index in [-0.39, 0.29) is 37.2 Å². The van der Waals surface area contributed by atoms with Crippen molar-refractivity contribution < 1.29 is 14.4 Å². The standard InChI is InChI=1S/C26H21ClN7O3/c27-19-11-12-21(34-17-28-30-31-34)22(14-19)32-15-25(36)33(16-24(32)35)23(13-18-7-3-1-4-8-18)26(37)29-20-9-5-2-6-10-20/h1,3-12,14,17,23H,13,15-16H2,(H,29,37). The van der Waals surface area contributed by atoms with Crippen molar-refractivity contribution in [3.63, 3.8) is 0 Å². The molecule has 1 aliphatic rings. The molecule has 37 heavy (non-hydrogen) atoms. The maximum Gasteiger partial charge on any atom is 0.247 e. The molecule has 0 saturated carbocycles. The van der Waals surface area contributed by atoms with E-state index in [2.05, 4.69) is 26.9 Å². The number of aromatic nitrogens is 4. The van der Waals surface area contributed by atoms with Crippen LogP contribution in [0.3, 0.4) is 0 Å². The highest BCUT2D eigenvalue weighted by atomic mass is 35.5. The first-order valence-electron chi connectivity index (χ1n) is 11.4. The van der Waals surface area contributed by atoms with Crippen molar-refractivity contribution in [2.75, 3.05) is 23.3 Å². The van der Waals surface area contributed by atoms with Crippen molar-refractivity contribution in [1.82, 2.24) is 25.1 Å². The second-order valence-electron chi connectivity index (χ2n) is 8.37. The SMILES string of the molecule is O=C(Nc1cc[c]cc1)C(Cc1ccccc1)N1CC(=O)N(c2cc(Cl)ccc2-n2cnnn2)CC1=O. The molecule has 1 saturated heterocycles. The predicted molar refractivity (Wildman–Crippen MR) is 136 cm³/mol. The fourth-order valence-electron chi connectivity index (χ4n) is 4.19. The highest BCUT2D eigenvalue weighted by molar-refractivity contribution is 6.31. The molecule has 1 aromatic heterocycles. The summed E-state index contributed by atoms with van der Waals surface area (Å²) in [6, 6.07) is 23.0. The molecule has 1 N–H and O–H groups in total. The number of carbonyl (C=O) groups excluding carboxylic acids is 3. The van der Waals surface area contributed by atoms with Crippen molar-refractivity contribution in [2.45, 2.75) is 12.5 Å². The van der Waals surface area contributed by atoms with Gasteiger partial charge in [0.1, 0.15) is 25.5 Å². The van der Waals surface area contributed by atoms with Crippen LogP contribution in [0.1, 0.15) is 5.56 Å². The first kappa shape index (κ1) is 24.1. The summed E-state index contributed by atoms with van der Waals surface area (Å²) in [5.74, 6) is -1.13. The minimum atomic E-state index is -0.900. The monoisotopic (exact) mass is 514 g/mol. The summed E-state index contributed by atoms with van der Waals surface area (Å²) in [4.78, 5) is 42.9. The number of nitrogens with one attached hydrogen (secondary N) is 1. The van der Waals surface area contributed by atoms with Crippen LogP contribution >= 0.6 is 11.6 Å². The summed E-state index contributed by atoms with van der Waals surface area (Å²) >= 11 is 6.22. The summed E-state index contributed by atoms with van der Waals surface area (Å²) in [7, 11) is 0. The molecule has 3 aromatic carbocycles. The third kappa shape index (κ3) is 5.34. The van der Waals surface area contributed by atoms with Gasteiger partial charge in [0, 0.05) is 17.1 Å². The second kappa shape index (κ2) is 10.6. The predicted octanol–water partition coefficient (Wildman–Crippen LogP) is 2.54. The Hall–Kier alpha value is -4.57. The van der Waals surface area contributed by atoms with Gasteiger partial charge in [-0.2, -0.15) is 4.68 Å². The van der Waals surface area contributed by atoms with E-state index in [9.17, 15) is 14.4 Å². The lowest BCUT2D eigenvalue weighted by atomic mass is 10.0. The Morgan fingerprint density at radius 2 is 1.78 bits per heavy atom. The number of hydrogen-bond acceptors (Lipinski definition) is 6. The maximum absolute atomic E-state index is 13.5. The zero-order valence-electron chi connectivity index (χ0n) is 19.5. The fourth-order valence-corrected chi connectivity index (χ4v) is 4.36. The Morgan fingerprint density at radius 1 is 1.00 bits per heavy atom. The molecule has 10 nitrogen and oxygen atoms in total. The minimum absolute atomic E-state index is 0.248. The van der Waals surface area contributed by atoms with E-state index in [0.29, 0.717) is 22.1 Å². The zero-order valence-corrected chi connectivity index (χ0v) is 20.2. The Bertz CT molecular complexity index is 1410. The summed E-state index contributed by atoms with van der Waals surface area (Å²) < 4.78 is 1.39. The van der Waals surface area contributed by atoms with Gasteiger partial charge in [-0.05, 0) is 52.4 Å². The lowest BCUT2D eigenvalue weighted by molar-refractivity contribution is -0.143. The van der Waals surface area contributed by atoms with Gasteiger partial charge >= 0.3 is 0 Å². The van der Waals surface area contributed by atoms with Crippen LogP contribution in [0.15, 0.2) is 79.1 Å². The molecule has 2 heterocycles. The minimum Gasteiger partial charge on any atom is -0.324 e. The van der Waals surface area contributed by atoms with Gasteiger partial charge in [0.15, 0.2) is 0 Å². The normalized spacial score (nSPS) is 14.5. The molecular formula is C26H21ClN7O3. The van der Waals surface area contributed by atoms with Crippen LogP contribution in [0, 0.1) is 6.07 Å². The van der Waals surface area contributed by atoms with Crippen LogP contribution in [-0.4, -0.2) is 62.0 Å². The van der Waals surface area contributed by atoms with Gasteiger partial charge in [0.25, 0.3) is 0 Å². The maximum atomic E-state index is 13.5. The number of nitrogens with zero attached hydrogens (tertiary/aromatic N) is 6.